The zero-order valence-electron chi connectivity index (χ0n) is 16.1. The predicted octanol–water partition coefficient (Wildman–Crippen LogP) is 3.65. The lowest BCUT2D eigenvalue weighted by Gasteiger charge is -2.33. The topological polar surface area (TPSA) is 58.6 Å². The Morgan fingerprint density at radius 3 is 2.59 bits per heavy atom. The number of anilines is 1. The molecule has 4 rings (SSSR count). The summed E-state index contributed by atoms with van der Waals surface area (Å²) in [5, 5.41) is 0.335. The van der Waals surface area contributed by atoms with Crippen LogP contribution in [0.4, 0.5) is 5.82 Å². The molecule has 0 atom stereocenters. The summed E-state index contributed by atoms with van der Waals surface area (Å²) in [7, 11) is 1.67. The number of ether oxygens (including phenoxy) is 1. The van der Waals surface area contributed by atoms with Gasteiger partial charge in [-0.05, 0) is 28.8 Å². The van der Waals surface area contributed by atoms with E-state index < -0.39 is 0 Å². The Balaban J connectivity index is 1.39. The summed E-state index contributed by atoms with van der Waals surface area (Å²) in [5.41, 5.74) is 3.42. The van der Waals surface area contributed by atoms with E-state index in [0.717, 1.165) is 30.0 Å². The van der Waals surface area contributed by atoms with Crippen LogP contribution < -0.4 is 9.64 Å². The molecule has 0 unspecified atom stereocenters. The van der Waals surface area contributed by atoms with Crippen LogP contribution in [0.2, 0.25) is 5.15 Å². The van der Waals surface area contributed by atoms with Crippen molar-refractivity contribution in [2.45, 2.75) is 6.54 Å². The Morgan fingerprint density at radius 1 is 1.03 bits per heavy atom. The number of halogens is 1. The minimum atomic E-state index is 0.0130. The van der Waals surface area contributed by atoms with Crippen LogP contribution in [0.3, 0.4) is 0 Å². The van der Waals surface area contributed by atoms with Crippen LogP contribution in [0.5, 0.6) is 5.75 Å². The Kier molecular flexibility index (Phi) is 5.74. The third-order valence-corrected chi connectivity index (χ3v) is 5.17. The standard InChI is InChI=1S/C22H21ClN4O2/c1-29-19-4-2-3-18(11-19)17-7-5-16(6-8-17)13-26-9-10-27(22(28)14-26)21-12-20(23)24-15-25-21/h2-8,11-12,15H,9-10,13-14H2,1H3. The lowest BCUT2D eigenvalue weighted by Crippen LogP contribution is -2.50. The number of rotatable bonds is 5. The fourth-order valence-corrected chi connectivity index (χ4v) is 3.58. The van der Waals surface area contributed by atoms with Crippen LogP contribution in [-0.4, -0.2) is 47.5 Å². The molecule has 2 aromatic carbocycles. The number of carbonyl (C=O) groups is 1. The number of benzene rings is 2. The molecule has 3 aromatic rings. The molecule has 1 aliphatic rings. The Labute approximate surface area is 174 Å². The number of nitrogens with zero attached hydrogens (tertiary/aromatic N) is 4. The summed E-state index contributed by atoms with van der Waals surface area (Å²) in [6.45, 7) is 2.42. The smallest absolute Gasteiger partial charge is 0.242 e. The van der Waals surface area contributed by atoms with Crippen LogP contribution >= 0.6 is 11.6 Å². The van der Waals surface area contributed by atoms with Gasteiger partial charge in [-0.15, -0.1) is 0 Å². The first-order valence-electron chi connectivity index (χ1n) is 9.36. The number of amides is 1. The van der Waals surface area contributed by atoms with E-state index in [2.05, 4.69) is 45.2 Å². The van der Waals surface area contributed by atoms with Gasteiger partial charge in [0.15, 0.2) is 0 Å². The predicted molar refractivity (Wildman–Crippen MR) is 113 cm³/mol. The molecule has 0 N–H and O–H groups in total. The zero-order valence-corrected chi connectivity index (χ0v) is 16.8. The van der Waals surface area contributed by atoms with Gasteiger partial charge in [0.1, 0.15) is 23.0 Å². The fraction of sp³-hybridized carbons (Fsp3) is 0.227. The second-order valence-electron chi connectivity index (χ2n) is 6.88. The van der Waals surface area contributed by atoms with E-state index in [1.54, 1.807) is 18.1 Å². The van der Waals surface area contributed by atoms with E-state index in [-0.39, 0.29) is 5.91 Å². The SMILES string of the molecule is COc1cccc(-c2ccc(CN3CCN(c4cc(Cl)ncn4)C(=O)C3)cc2)c1. The number of hydrogen-bond donors (Lipinski definition) is 0. The molecule has 1 aromatic heterocycles. The largest absolute Gasteiger partial charge is 0.497 e. The molecule has 0 aliphatic carbocycles. The molecule has 0 bridgehead atoms. The maximum absolute atomic E-state index is 12.6. The van der Waals surface area contributed by atoms with Crippen molar-refractivity contribution >= 4 is 23.3 Å². The van der Waals surface area contributed by atoms with Gasteiger partial charge in [-0.25, -0.2) is 9.97 Å². The number of aromatic nitrogens is 2. The third-order valence-electron chi connectivity index (χ3n) is 4.96. The maximum Gasteiger partial charge on any atom is 0.242 e. The molecule has 0 radical (unpaired) electrons. The molecule has 0 saturated carbocycles. The van der Waals surface area contributed by atoms with Gasteiger partial charge in [-0.3, -0.25) is 14.6 Å². The monoisotopic (exact) mass is 408 g/mol. The first-order chi connectivity index (χ1) is 14.1. The Bertz CT molecular complexity index is 1010. The van der Waals surface area contributed by atoms with Crippen LogP contribution in [-0.2, 0) is 11.3 Å². The zero-order chi connectivity index (χ0) is 20.2. The van der Waals surface area contributed by atoms with E-state index in [0.29, 0.717) is 24.1 Å². The summed E-state index contributed by atoms with van der Waals surface area (Å²) < 4.78 is 5.30. The van der Waals surface area contributed by atoms with Gasteiger partial charge >= 0.3 is 0 Å². The quantitative estimate of drug-likeness (QED) is 0.603. The van der Waals surface area contributed by atoms with Crippen molar-refractivity contribution in [3.05, 3.63) is 71.6 Å². The van der Waals surface area contributed by atoms with Gasteiger partial charge in [0.2, 0.25) is 5.91 Å². The van der Waals surface area contributed by atoms with Gasteiger partial charge in [-0.1, -0.05) is 48.0 Å². The summed E-state index contributed by atoms with van der Waals surface area (Å²) in [6.07, 6.45) is 1.38. The van der Waals surface area contributed by atoms with Gasteiger partial charge in [0, 0.05) is 25.7 Å². The average molecular weight is 409 g/mol. The second kappa shape index (κ2) is 8.59. The van der Waals surface area contributed by atoms with Crippen LogP contribution in [0.25, 0.3) is 11.1 Å². The Morgan fingerprint density at radius 2 is 1.86 bits per heavy atom. The van der Waals surface area contributed by atoms with E-state index in [4.69, 9.17) is 16.3 Å². The Hall–Kier alpha value is -2.96. The van der Waals surface area contributed by atoms with Crippen molar-refractivity contribution < 1.29 is 9.53 Å². The molecule has 7 heteroatoms. The summed E-state index contributed by atoms with van der Waals surface area (Å²) >= 11 is 5.92. The first kappa shape index (κ1) is 19.4. The van der Waals surface area contributed by atoms with Crippen molar-refractivity contribution in [1.29, 1.82) is 0 Å². The molecule has 1 saturated heterocycles. The van der Waals surface area contributed by atoms with Crippen molar-refractivity contribution in [3.63, 3.8) is 0 Å². The average Bonchev–Trinajstić information content (AvgIpc) is 2.74. The maximum atomic E-state index is 12.6. The molecule has 0 spiro atoms. The minimum absolute atomic E-state index is 0.0130. The van der Waals surface area contributed by atoms with Gasteiger partial charge in [-0.2, -0.15) is 0 Å². The van der Waals surface area contributed by atoms with E-state index in [1.807, 2.05) is 18.2 Å². The second-order valence-corrected chi connectivity index (χ2v) is 7.27. The molecule has 1 aliphatic heterocycles. The van der Waals surface area contributed by atoms with Gasteiger partial charge in [0.25, 0.3) is 0 Å². The van der Waals surface area contributed by atoms with Crippen LogP contribution in [0.1, 0.15) is 5.56 Å². The molecule has 29 heavy (non-hydrogen) atoms. The number of piperazine rings is 1. The molecule has 1 amide bonds. The van der Waals surface area contributed by atoms with Gasteiger partial charge < -0.3 is 4.74 Å². The van der Waals surface area contributed by atoms with E-state index in [1.165, 1.54) is 11.9 Å². The lowest BCUT2D eigenvalue weighted by atomic mass is 10.0. The van der Waals surface area contributed by atoms with Gasteiger partial charge in [0.05, 0.1) is 13.7 Å². The van der Waals surface area contributed by atoms with E-state index >= 15 is 0 Å². The molecule has 1 fully saturated rings. The van der Waals surface area contributed by atoms with E-state index in [9.17, 15) is 4.79 Å². The van der Waals surface area contributed by atoms with Crippen LogP contribution in [0, 0.1) is 0 Å². The summed E-state index contributed by atoms with van der Waals surface area (Å²) in [4.78, 5) is 24.4. The molecule has 2 heterocycles. The minimum Gasteiger partial charge on any atom is -0.497 e. The third kappa shape index (κ3) is 4.55. The van der Waals surface area contributed by atoms with Crippen molar-refractivity contribution in [1.82, 2.24) is 14.9 Å². The van der Waals surface area contributed by atoms with Crippen molar-refractivity contribution in [2.75, 3.05) is 31.6 Å². The van der Waals surface area contributed by atoms with Crippen LogP contribution in [0.15, 0.2) is 60.9 Å². The highest BCUT2D eigenvalue weighted by Gasteiger charge is 2.26. The highest BCUT2D eigenvalue weighted by atomic mass is 35.5. The highest BCUT2D eigenvalue weighted by Crippen LogP contribution is 2.25. The fourth-order valence-electron chi connectivity index (χ4n) is 3.43. The molecule has 148 valence electrons. The number of methoxy groups -OCH3 is 1. The number of carbonyl (C=O) groups excluding carboxylic acids is 1. The first-order valence-corrected chi connectivity index (χ1v) is 9.74. The summed E-state index contributed by atoms with van der Waals surface area (Å²) in [6, 6.07) is 18.0. The van der Waals surface area contributed by atoms with Crippen molar-refractivity contribution in [3.8, 4) is 16.9 Å². The molecule has 6 nitrogen and oxygen atoms in total. The normalized spacial score (nSPS) is 14.8. The molecular weight excluding hydrogens is 388 g/mol. The lowest BCUT2D eigenvalue weighted by molar-refractivity contribution is -0.121. The van der Waals surface area contributed by atoms with Crippen molar-refractivity contribution in [2.24, 2.45) is 0 Å². The molecular formula is C22H21ClN4O2. The number of hydrogen-bond acceptors (Lipinski definition) is 5. The summed E-state index contributed by atoms with van der Waals surface area (Å²) in [5.74, 6) is 1.41. The highest BCUT2D eigenvalue weighted by molar-refractivity contribution is 6.29.